The summed E-state index contributed by atoms with van der Waals surface area (Å²) in [5.74, 6) is 0.532. The number of hydrogen-bond donors (Lipinski definition) is 2. The first-order chi connectivity index (χ1) is 8.19. The topological polar surface area (TPSA) is 73.6 Å². The van der Waals surface area contributed by atoms with E-state index in [1.807, 2.05) is 6.92 Å². The molecule has 0 aliphatic heterocycles. The van der Waals surface area contributed by atoms with E-state index in [4.69, 9.17) is 15.2 Å². The van der Waals surface area contributed by atoms with E-state index < -0.39 is 0 Å². The molecule has 5 heteroatoms. The maximum atomic E-state index is 11.7. The van der Waals surface area contributed by atoms with Gasteiger partial charge < -0.3 is 20.5 Å². The zero-order valence-corrected chi connectivity index (χ0v) is 10.8. The molecule has 17 heavy (non-hydrogen) atoms. The van der Waals surface area contributed by atoms with Gasteiger partial charge in [0.15, 0.2) is 0 Å². The van der Waals surface area contributed by atoms with Gasteiger partial charge in [0.05, 0.1) is 18.8 Å². The first kappa shape index (κ1) is 14.4. The summed E-state index contributed by atoms with van der Waals surface area (Å²) in [7, 11) is 1.60. The zero-order valence-electron chi connectivity index (χ0n) is 10.8. The molecule has 1 aliphatic rings. The van der Waals surface area contributed by atoms with Gasteiger partial charge in [-0.05, 0) is 25.7 Å². The van der Waals surface area contributed by atoms with Crippen molar-refractivity contribution in [2.45, 2.75) is 38.3 Å². The Hall–Kier alpha value is -0.650. The number of rotatable bonds is 8. The lowest BCUT2D eigenvalue weighted by atomic mass is 9.80. The van der Waals surface area contributed by atoms with Crippen molar-refractivity contribution in [1.29, 1.82) is 0 Å². The molecule has 100 valence electrons. The predicted molar refractivity (Wildman–Crippen MR) is 65.6 cm³/mol. The Morgan fingerprint density at radius 3 is 2.76 bits per heavy atom. The van der Waals surface area contributed by atoms with Crippen LogP contribution in [0.5, 0.6) is 0 Å². The molecule has 0 bridgehead atoms. The minimum Gasteiger partial charge on any atom is -0.383 e. The summed E-state index contributed by atoms with van der Waals surface area (Å²) in [4.78, 5) is 11.7. The fraction of sp³-hybridized carbons (Fsp3) is 0.917. The van der Waals surface area contributed by atoms with Gasteiger partial charge >= 0.3 is 0 Å². The number of hydrogen-bond acceptors (Lipinski definition) is 4. The second kappa shape index (κ2) is 7.63. The van der Waals surface area contributed by atoms with Crippen LogP contribution in [0.3, 0.4) is 0 Å². The lowest BCUT2D eigenvalue weighted by molar-refractivity contribution is -0.125. The third-order valence-corrected chi connectivity index (χ3v) is 3.09. The van der Waals surface area contributed by atoms with Gasteiger partial charge in [0.1, 0.15) is 0 Å². The quantitative estimate of drug-likeness (QED) is 0.643. The lowest BCUT2D eigenvalue weighted by Gasteiger charge is -2.34. The summed E-state index contributed by atoms with van der Waals surface area (Å²) in [5.41, 5.74) is 5.53. The second-order valence-electron chi connectivity index (χ2n) is 4.57. The number of nitrogens with two attached hydrogens (primary N) is 1. The molecule has 0 aromatic carbocycles. The third-order valence-electron chi connectivity index (χ3n) is 3.09. The molecule has 0 spiro atoms. The van der Waals surface area contributed by atoms with Crippen molar-refractivity contribution in [3.63, 3.8) is 0 Å². The van der Waals surface area contributed by atoms with Crippen molar-refractivity contribution >= 4 is 5.91 Å². The van der Waals surface area contributed by atoms with Crippen molar-refractivity contribution < 1.29 is 14.3 Å². The van der Waals surface area contributed by atoms with Crippen LogP contribution in [0.4, 0.5) is 0 Å². The Kier molecular flexibility index (Phi) is 6.47. The van der Waals surface area contributed by atoms with Crippen LogP contribution in [-0.4, -0.2) is 44.9 Å². The summed E-state index contributed by atoms with van der Waals surface area (Å²) < 4.78 is 10.4. The van der Waals surface area contributed by atoms with Crippen molar-refractivity contribution in [3.05, 3.63) is 0 Å². The average molecular weight is 244 g/mol. The van der Waals surface area contributed by atoms with Crippen molar-refractivity contribution in [3.8, 4) is 0 Å². The molecule has 1 saturated carbocycles. The summed E-state index contributed by atoms with van der Waals surface area (Å²) in [6.45, 7) is 3.63. The molecule has 0 saturated heterocycles. The summed E-state index contributed by atoms with van der Waals surface area (Å²) in [5, 5.41) is 2.88. The Balaban J connectivity index is 2.13. The van der Waals surface area contributed by atoms with Crippen LogP contribution in [0.25, 0.3) is 0 Å². The van der Waals surface area contributed by atoms with E-state index in [-0.39, 0.29) is 11.9 Å². The van der Waals surface area contributed by atoms with Gasteiger partial charge in [-0.1, -0.05) is 0 Å². The molecule has 0 heterocycles. The zero-order chi connectivity index (χ0) is 12.7. The fourth-order valence-electron chi connectivity index (χ4n) is 2.13. The van der Waals surface area contributed by atoms with E-state index >= 15 is 0 Å². The Labute approximate surface area is 103 Å². The number of carbonyl (C=O) groups excluding carboxylic acids is 1. The molecular weight excluding hydrogens is 220 g/mol. The molecule has 5 nitrogen and oxygen atoms in total. The molecular formula is C12H24N2O3. The van der Waals surface area contributed by atoms with Gasteiger partial charge in [-0.2, -0.15) is 0 Å². The van der Waals surface area contributed by atoms with Gasteiger partial charge in [0.25, 0.3) is 0 Å². The molecule has 1 fully saturated rings. The van der Waals surface area contributed by atoms with E-state index in [1.165, 1.54) is 0 Å². The van der Waals surface area contributed by atoms with Gasteiger partial charge in [0.2, 0.25) is 5.91 Å². The Morgan fingerprint density at radius 1 is 1.53 bits per heavy atom. The number of carbonyl (C=O) groups is 1. The fourth-order valence-corrected chi connectivity index (χ4v) is 2.13. The lowest BCUT2D eigenvalue weighted by Crippen LogP contribution is -2.45. The smallest absolute Gasteiger partial charge is 0.220 e. The van der Waals surface area contributed by atoms with E-state index in [9.17, 15) is 4.79 Å². The van der Waals surface area contributed by atoms with Crippen LogP contribution in [-0.2, 0) is 14.3 Å². The minimum atomic E-state index is -0.0738. The minimum absolute atomic E-state index is 0.0671. The maximum Gasteiger partial charge on any atom is 0.220 e. The molecule has 3 N–H and O–H groups in total. The van der Waals surface area contributed by atoms with Crippen LogP contribution in [0, 0.1) is 5.92 Å². The van der Waals surface area contributed by atoms with Crippen molar-refractivity contribution in [2.24, 2.45) is 11.7 Å². The normalized spacial score (nSPS) is 25.1. The first-order valence-corrected chi connectivity index (χ1v) is 6.29. The largest absolute Gasteiger partial charge is 0.383 e. The van der Waals surface area contributed by atoms with E-state index in [0.717, 1.165) is 19.4 Å². The monoisotopic (exact) mass is 244 g/mol. The molecule has 1 atom stereocenters. The van der Waals surface area contributed by atoms with E-state index in [2.05, 4.69) is 5.32 Å². The third kappa shape index (κ3) is 5.02. The van der Waals surface area contributed by atoms with E-state index in [1.54, 1.807) is 7.11 Å². The van der Waals surface area contributed by atoms with Crippen LogP contribution in [0.1, 0.15) is 26.2 Å². The molecule has 1 aliphatic carbocycles. The van der Waals surface area contributed by atoms with E-state index in [0.29, 0.717) is 31.6 Å². The summed E-state index contributed by atoms with van der Waals surface area (Å²) in [6.07, 6.45) is 2.93. The SMILES string of the molecule is CCOC1CC(CC(=O)NC(CN)COC)C1. The summed E-state index contributed by atoms with van der Waals surface area (Å²) in [6, 6.07) is -0.0738. The Morgan fingerprint density at radius 2 is 2.24 bits per heavy atom. The van der Waals surface area contributed by atoms with Gasteiger partial charge in [-0.15, -0.1) is 0 Å². The highest BCUT2D eigenvalue weighted by Gasteiger charge is 2.31. The van der Waals surface area contributed by atoms with Crippen molar-refractivity contribution in [1.82, 2.24) is 5.32 Å². The number of ether oxygens (including phenoxy) is 2. The molecule has 1 unspecified atom stereocenters. The van der Waals surface area contributed by atoms with Crippen LogP contribution < -0.4 is 11.1 Å². The second-order valence-corrected chi connectivity index (χ2v) is 4.57. The van der Waals surface area contributed by atoms with Gasteiger partial charge in [0, 0.05) is 26.7 Å². The highest BCUT2D eigenvalue weighted by atomic mass is 16.5. The molecule has 0 aromatic rings. The predicted octanol–water partition coefficient (Wildman–Crippen LogP) is 0.282. The molecule has 0 radical (unpaired) electrons. The van der Waals surface area contributed by atoms with Crippen LogP contribution in [0.15, 0.2) is 0 Å². The molecule has 1 rings (SSSR count). The first-order valence-electron chi connectivity index (χ1n) is 6.29. The van der Waals surface area contributed by atoms with Crippen molar-refractivity contribution in [2.75, 3.05) is 26.9 Å². The summed E-state index contributed by atoms with van der Waals surface area (Å²) >= 11 is 0. The Bertz CT molecular complexity index is 230. The standard InChI is InChI=1S/C12H24N2O3/c1-3-17-11-4-9(5-11)6-12(15)14-10(7-13)8-16-2/h9-11H,3-8,13H2,1-2H3,(H,14,15). The maximum absolute atomic E-state index is 11.7. The highest BCUT2D eigenvalue weighted by molar-refractivity contribution is 5.76. The molecule has 1 amide bonds. The van der Waals surface area contributed by atoms with Gasteiger partial charge in [-0.3, -0.25) is 4.79 Å². The number of nitrogens with one attached hydrogen (secondary N) is 1. The number of methoxy groups -OCH3 is 1. The average Bonchev–Trinajstić information content (AvgIpc) is 2.25. The highest BCUT2D eigenvalue weighted by Crippen LogP contribution is 2.32. The van der Waals surface area contributed by atoms with Crippen LogP contribution in [0.2, 0.25) is 0 Å². The van der Waals surface area contributed by atoms with Gasteiger partial charge in [-0.25, -0.2) is 0 Å². The number of amides is 1. The molecule has 0 aromatic heterocycles. The van der Waals surface area contributed by atoms with Crippen LogP contribution >= 0.6 is 0 Å².